The number of aliphatic hydroxyl groups is 1. The molecule has 0 aliphatic rings. The number of nitrogens with one attached hydrogen (secondary N) is 1. The van der Waals surface area contributed by atoms with E-state index in [4.69, 9.17) is 10.2 Å². The zero-order valence-electron chi connectivity index (χ0n) is 8.54. The molecular weight excluding hydrogens is 210 g/mol. The molecule has 0 amide bonds. The predicted octanol–water partition coefficient (Wildman–Crippen LogP) is -0.211. The Morgan fingerprint density at radius 3 is 2.50 bits per heavy atom. The van der Waals surface area contributed by atoms with Crippen molar-refractivity contribution in [2.75, 3.05) is 0 Å². The monoisotopic (exact) mass is 223 g/mol. The minimum atomic E-state index is -1.54. The summed E-state index contributed by atoms with van der Waals surface area (Å²) in [5, 5.41) is 20.5. The minimum Gasteiger partial charge on any atom is -0.480 e. The third-order valence-corrected chi connectivity index (χ3v) is 2.12. The molecule has 2 unspecified atom stereocenters. The number of carbonyl (C=O) groups excluding carboxylic acids is 1. The van der Waals surface area contributed by atoms with Crippen molar-refractivity contribution in [1.29, 1.82) is 0 Å². The van der Waals surface area contributed by atoms with E-state index in [1.165, 1.54) is 0 Å². The fourth-order valence-electron chi connectivity index (χ4n) is 1.26. The highest BCUT2D eigenvalue weighted by atomic mass is 16.4. The lowest BCUT2D eigenvalue weighted by Crippen LogP contribution is -2.46. The molecule has 1 aromatic carbocycles. The van der Waals surface area contributed by atoms with Crippen LogP contribution < -0.4 is 5.32 Å². The van der Waals surface area contributed by atoms with Crippen LogP contribution in [0.25, 0.3) is 0 Å². The third-order valence-electron chi connectivity index (χ3n) is 2.12. The van der Waals surface area contributed by atoms with Gasteiger partial charge in [0.1, 0.15) is 12.1 Å². The van der Waals surface area contributed by atoms with Gasteiger partial charge in [-0.1, -0.05) is 30.3 Å². The Kier molecular flexibility index (Phi) is 4.63. The molecule has 16 heavy (non-hydrogen) atoms. The van der Waals surface area contributed by atoms with Crippen molar-refractivity contribution in [2.45, 2.75) is 18.7 Å². The van der Waals surface area contributed by atoms with Gasteiger partial charge >= 0.3 is 5.97 Å². The normalized spacial score (nSPS) is 14.1. The first-order valence-electron chi connectivity index (χ1n) is 4.78. The lowest BCUT2D eigenvalue weighted by atomic mass is 10.1. The van der Waals surface area contributed by atoms with Gasteiger partial charge < -0.3 is 15.0 Å². The summed E-state index contributed by atoms with van der Waals surface area (Å²) in [6, 6.07) is 7.85. The third kappa shape index (κ3) is 3.45. The van der Waals surface area contributed by atoms with E-state index < -0.39 is 18.1 Å². The van der Waals surface area contributed by atoms with Crippen molar-refractivity contribution in [1.82, 2.24) is 5.32 Å². The Morgan fingerprint density at radius 1 is 1.38 bits per heavy atom. The molecule has 0 fully saturated rings. The van der Waals surface area contributed by atoms with Crippen molar-refractivity contribution in [3.63, 3.8) is 0 Å². The van der Waals surface area contributed by atoms with Gasteiger partial charge in [-0.05, 0) is 5.56 Å². The minimum absolute atomic E-state index is 0.205. The molecule has 1 aromatic rings. The first kappa shape index (κ1) is 12.4. The average Bonchev–Trinajstić information content (AvgIpc) is 2.30. The van der Waals surface area contributed by atoms with Crippen LogP contribution in [-0.2, 0) is 16.1 Å². The maximum Gasteiger partial charge on any atom is 0.323 e. The summed E-state index contributed by atoms with van der Waals surface area (Å²) in [6.45, 7) is 0.280. The topological polar surface area (TPSA) is 86.6 Å². The maximum atomic E-state index is 10.7. The molecule has 5 heteroatoms. The second-order valence-electron chi connectivity index (χ2n) is 3.31. The van der Waals surface area contributed by atoms with E-state index in [1.807, 2.05) is 30.3 Å². The van der Waals surface area contributed by atoms with E-state index in [2.05, 4.69) is 5.32 Å². The Labute approximate surface area is 92.7 Å². The number of aliphatic carboxylic acids is 1. The Hall–Kier alpha value is -1.72. The van der Waals surface area contributed by atoms with Crippen molar-refractivity contribution >= 4 is 12.3 Å². The molecule has 0 heterocycles. The summed E-state index contributed by atoms with van der Waals surface area (Å²) in [4.78, 5) is 21.0. The van der Waals surface area contributed by atoms with Crippen LogP contribution >= 0.6 is 0 Å². The fourth-order valence-corrected chi connectivity index (χ4v) is 1.26. The standard InChI is InChI=1S/C11H13NO4/c13-7-9(14)10(11(15)16)12-6-8-4-2-1-3-5-8/h1-5,7,9-10,12,14H,6H2,(H,15,16). The van der Waals surface area contributed by atoms with Gasteiger partial charge in [0.05, 0.1) is 0 Å². The van der Waals surface area contributed by atoms with Crippen LogP contribution in [0.5, 0.6) is 0 Å². The molecule has 3 N–H and O–H groups in total. The molecule has 1 rings (SSSR count). The van der Waals surface area contributed by atoms with E-state index in [0.29, 0.717) is 0 Å². The molecular formula is C11H13NO4. The highest BCUT2D eigenvalue weighted by Gasteiger charge is 2.25. The summed E-state index contributed by atoms with van der Waals surface area (Å²) in [6.07, 6.45) is -1.34. The Bertz CT molecular complexity index is 352. The first-order valence-corrected chi connectivity index (χ1v) is 4.78. The van der Waals surface area contributed by atoms with E-state index in [0.717, 1.165) is 5.56 Å². The Balaban J connectivity index is 2.57. The highest BCUT2D eigenvalue weighted by Crippen LogP contribution is 2.00. The van der Waals surface area contributed by atoms with E-state index in [1.54, 1.807) is 0 Å². The molecule has 86 valence electrons. The van der Waals surface area contributed by atoms with Crippen LogP contribution in [0.3, 0.4) is 0 Å². The molecule has 0 aliphatic carbocycles. The summed E-state index contributed by atoms with van der Waals surface area (Å²) in [5.74, 6) is -1.25. The SMILES string of the molecule is O=CC(O)C(NCc1ccccc1)C(=O)O. The van der Waals surface area contributed by atoms with Gasteiger partial charge in [-0.3, -0.25) is 10.1 Å². The molecule has 0 radical (unpaired) electrons. The van der Waals surface area contributed by atoms with Gasteiger partial charge in [0.2, 0.25) is 0 Å². The molecule has 0 bridgehead atoms. The molecule has 0 saturated carbocycles. The van der Waals surface area contributed by atoms with Crippen LogP contribution in [0.15, 0.2) is 30.3 Å². The van der Waals surface area contributed by atoms with Gasteiger partial charge in [-0.15, -0.1) is 0 Å². The van der Waals surface area contributed by atoms with Gasteiger partial charge in [0.15, 0.2) is 6.29 Å². The molecule has 2 atom stereocenters. The first-order chi connectivity index (χ1) is 7.65. The van der Waals surface area contributed by atoms with Crippen LogP contribution in [0.4, 0.5) is 0 Å². The van der Waals surface area contributed by atoms with Gasteiger partial charge in [0.25, 0.3) is 0 Å². The number of carboxylic acids is 1. The number of hydrogen-bond donors (Lipinski definition) is 3. The van der Waals surface area contributed by atoms with Crippen LogP contribution in [0.1, 0.15) is 5.56 Å². The van der Waals surface area contributed by atoms with E-state index in [9.17, 15) is 9.59 Å². The largest absolute Gasteiger partial charge is 0.480 e. The molecule has 0 saturated heterocycles. The van der Waals surface area contributed by atoms with Crippen LogP contribution in [0.2, 0.25) is 0 Å². The van der Waals surface area contributed by atoms with Crippen molar-refractivity contribution < 1.29 is 19.8 Å². The van der Waals surface area contributed by atoms with Crippen molar-refractivity contribution in [2.24, 2.45) is 0 Å². The quantitative estimate of drug-likeness (QED) is 0.581. The zero-order valence-corrected chi connectivity index (χ0v) is 8.54. The molecule has 5 nitrogen and oxygen atoms in total. The van der Waals surface area contributed by atoms with E-state index in [-0.39, 0.29) is 12.8 Å². The van der Waals surface area contributed by atoms with Crippen molar-refractivity contribution in [3.8, 4) is 0 Å². The highest BCUT2D eigenvalue weighted by molar-refractivity contribution is 5.79. The van der Waals surface area contributed by atoms with Gasteiger partial charge in [0, 0.05) is 6.54 Å². The second-order valence-corrected chi connectivity index (χ2v) is 3.31. The second kappa shape index (κ2) is 5.99. The summed E-state index contributed by atoms with van der Waals surface area (Å²) in [5.41, 5.74) is 0.881. The predicted molar refractivity (Wildman–Crippen MR) is 56.8 cm³/mol. The summed E-state index contributed by atoms with van der Waals surface area (Å²) in [7, 11) is 0. The number of carbonyl (C=O) groups is 2. The molecule has 0 aromatic heterocycles. The lowest BCUT2D eigenvalue weighted by Gasteiger charge is -2.15. The molecule has 0 aliphatic heterocycles. The Morgan fingerprint density at radius 2 is 2.00 bits per heavy atom. The number of benzene rings is 1. The summed E-state index contributed by atoms with van der Waals surface area (Å²) >= 11 is 0. The van der Waals surface area contributed by atoms with Gasteiger partial charge in [-0.2, -0.15) is 0 Å². The smallest absolute Gasteiger partial charge is 0.323 e. The zero-order chi connectivity index (χ0) is 12.0. The molecule has 0 spiro atoms. The number of carboxylic acid groups (broad SMARTS) is 1. The van der Waals surface area contributed by atoms with Crippen molar-refractivity contribution in [3.05, 3.63) is 35.9 Å². The number of aliphatic hydroxyl groups excluding tert-OH is 1. The maximum absolute atomic E-state index is 10.7. The fraction of sp³-hybridized carbons (Fsp3) is 0.273. The average molecular weight is 223 g/mol. The number of rotatable bonds is 6. The lowest BCUT2D eigenvalue weighted by molar-refractivity contribution is -0.144. The van der Waals surface area contributed by atoms with Crippen LogP contribution in [0, 0.1) is 0 Å². The van der Waals surface area contributed by atoms with Gasteiger partial charge in [-0.25, -0.2) is 0 Å². The number of hydrogen-bond acceptors (Lipinski definition) is 4. The summed E-state index contributed by atoms with van der Waals surface area (Å²) < 4.78 is 0. The van der Waals surface area contributed by atoms with E-state index >= 15 is 0 Å². The van der Waals surface area contributed by atoms with Crippen LogP contribution in [-0.4, -0.2) is 34.6 Å². The number of aldehydes is 1.